The van der Waals surface area contributed by atoms with Crippen LogP contribution in [0.5, 0.6) is 5.75 Å². The Hall–Kier alpha value is -1.75. The number of likely N-dealkylation sites (tertiary alicyclic amines) is 1. The molecular weight excluding hydrogens is 300 g/mol. The van der Waals surface area contributed by atoms with Crippen molar-refractivity contribution in [3.05, 3.63) is 29.8 Å². The van der Waals surface area contributed by atoms with E-state index in [1.165, 1.54) is 31.5 Å². The maximum atomic E-state index is 6.15. The molecule has 0 saturated carbocycles. The van der Waals surface area contributed by atoms with Gasteiger partial charge in [-0.2, -0.15) is 0 Å². The van der Waals surface area contributed by atoms with E-state index in [0.717, 1.165) is 24.6 Å². The van der Waals surface area contributed by atoms with Gasteiger partial charge in [-0.3, -0.25) is 9.89 Å². The number of nitrogens with one attached hydrogen (secondary N) is 1. The number of ether oxygens (including phenoxy) is 1. The fourth-order valence-corrected chi connectivity index (χ4v) is 3.69. The summed E-state index contributed by atoms with van der Waals surface area (Å²) < 4.78 is 5.70. The molecule has 2 aliphatic rings. The summed E-state index contributed by atoms with van der Waals surface area (Å²) >= 11 is 0. The van der Waals surface area contributed by atoms with Crippen LogP contribution >= 0.6 is 0 Å². The molecule has 1 aromatic carbocycles. The topological polar surface area (TPSA) is 62.9 Å². The average Bonchev–Trinajstić information content (AvgIpc) is 2.60. The Bertz CT molecular complexity index is 574. The van der Waals surface area contributed by atoms with Crippen molar-refractivity contribution in [2.45, 2.75) is 45.2 Å². The molecule has 0 spiro atoms. The molecule has 3 atom stereocenters. The van der Waals surface area contributed by atoms with Crippen molar-refractivity contribution in [3.63, 3.8) is 0 Å². The summed E-state index contributed by atoms with van der Waals surface area (Å²) in [5.74, 6) is 2.28. The van der Waals surface area contributed by atoms with Crippen LogP contribution in [0, 0.1) is 5.92 Å². The van der Waals surface area contributed by atoms with Crippen LogP contribution in [0.2, 0.25) is 0 Å². The average molecular weight is 330 g/mol. The molecule has 5 heteroatoms. The van der Waals surface area contributed by atoms with Gasteiger partial charge in [0.15, 0.2) is 5.96 Å². The number of guanidine groups is 1. The van der Waals surface area contributed by atoms with E-state index in [4.69, 9.17) is 10.5 Å². The van der Waals surface area contributed by atoms with Gasteiger partial charge in [0.05, 0.1) is 19.2 Å². The number of piperidine rings is 1. The van der Waals surface area contributed by atoms with Gasteiger partial charge in [0.1, 0.15) is 5.75 Å². The highest BCUT2D eigenvalue weighted by atomic mass is 16.5. The third-order valence-corrected chi connectivity index (χ3v) is 5.12. The standard InChI is InChI=1S/C19H30N4O/c1-14-6-5-10-23(13-14)15(2)12-21-19(20)22-17-9-11-24-18-8-4-3-7-16(17)18/h3-4,7-8,14-15,17H,5-6,9-13H2,1-2H3,(H3,20,21,22). The fraction of sp³-hybridized carbons (Fsp3) is 0.632. The number of hydrogen-bond donors (Lipinski definition) is 2. The molecule has 132 valence electrons. The molecule has 24 heavy (non-hydrogen) atoms. The van der Waals surface area contributed by atoms with Crippen molar-refractivity contribution in [1.29, 1.82) is 0 Å². The van der Waals surface area contributed by atoms with Crippen molar-refractivity contribution in [3.8, 4) is 5.75 Å². The monoisotopic (exact) mass is 330 g/mol. The summed E-state index contributed by atoms with van der Waals surface area (Å²) in [7, 11) is 0. The van der Waals surface area contributed by atoms with Crippen LogP contribution < -0.4 is 15.8 Å². The Morgan fingerprint density at radius 2 is 2.25 bits per heavy atom. The third kappa shape index (κ3) is 4.20. The van der Waals surface area contributed by atoms with Gasteiger partial charge in [0.2, 0.25) is 0 Å². The number of benzene rings is 1. The Labute approximate surface area is 145 Å². The molecular formula is C19H30N4O. The van der Waals surface area contributed by atoms with Crippen LogP contribution in [0.1, 0.15) is 44.7 Å². The highest BCUT2D eigenvalue weighted by Gasteiger charge is 2.22. The van der Waals surface area contributed by atoms with Crippen molar-refractivity contribution < 1.29 is 4.74 Å². The van der Waals surface area contributed by atoms with E-state index >= 15 is 0 Å². The number of aliphatic imine (C=N–C) groups is 1. The van der Waals surface area contributed by atoms with Crippen molar-refractivity contribution in [2.75, 3.05) is 26.2 Å². The smallest absolute Gasteiger partial charge is 0.189 e. The molecule has 0 amide bonds. The zero-order valence-electron chi connectivity index (χ0n) is 14.9. The minimum atomic E-state index is 0.184. The number of hydrogen-bond acceptors (Lipinski definition) is 3. The van der Waals surface area contributed by atoms with E-state index in [9.17, 15) is 0 Å². The van der Waals surface area contributed by atoms with E-state index in [0.29, 0.717) is 18.6 Å². The van der Waals surface area contributed by atoms with Gasteiger partial charge in [0.25, 0.3) is 0 Å². The molecule has 1 fully saturated rings. The van der Waals surface area contributed by atoms with E-state index in [-0.39, 0.29) is 6.04 Å². The van der Waals surface area contributed by atoms with Gasteiger partial charge in [-0.15, -0.1) is 0 Å². The minimum absolute atomic E-state index is 0.184. The van der Waals surface area contributed by atoms with E-state index in [2.05, 4.69) is 35.1 Å². The first kappa shape index (κ1) is 17.1. The van der Waals surface area contributed by atoms with Gasteiger partial charge in [-0.05, 0) is 38.3 Å². The van der Waals surface area contributed by atoms with Crippen LogP contribution in [0.4, 0.5) is 0 Å². The van der Waals surface area contributed by atoms with E-state index in [1.54, 1.807) is 0 Å². The largest absolute Gasteiger partial charge is 0.493 e. The van der Waals surface area contributed by atoms with Gasteiger partial charge < -0.3 is 15.8 Å². The van der Waals surface area contributed by atoms with Crippen molar-refractivity contribution in [2.24, 2.45) is 16.6 Å². The number of nitrogens with zero attached hydrogens (tertiary/aromatic N) is 2. The lowest BCUT2D eigenvalue weighted by atomic mass is 9.99. The second-order valence-corrected chi connectivity index (χ2v) is 7.19. The van der Waals surface area contributed by atoms with Gasteiger partial charge in [-0.25, -0.2) is 0 Å². The van der Waals surface area contributed by atoms with E-state index in [1.807, 2.05) is 18.2 Å². The van der Waals surface area contributed by atoms with Crippen LogP contribution in [-0.2, 0) is 0 Å². The Kier molecular flexibility index (Phi) is 5.61. The summed E-state index contributed by atoms with van der Waals surface area (Å²) in [6.07, 6.45) is 3.55. The Morgan fingerprint density at radius 1 is 1.42 bits per heavy atom. The third-order valence-electron chi connectivity index (χ3n) is 5.12. The number of fused-ring (bicyclic) bond motifs is 1. The normalized spacial score (nSPS) is 26.3. The number of rotatable bonds is 4. The molecule has 1 aromatic rings. The van der Waals surface area contributed by atoms with Crippen LogP contribution in [0.25, 0.3) is 0 Å². The molecule has 1 saturated heterocycles. The van der Waals surface area contributed by atoms with Gasteiger partial charge in [-0.1, -0.05) is 25.1 Å². The maximum Gasteiger partial charge on any atom is 0.189 e. The molecule has 0 aliphatic carbocycles. The van der Waals surface area contributed by atoms with E-state index < -0.39 is 0 Å². The SMILES string of the molecule is CC1CCCN(C(C)CN=C(N)NC2CCOc3ccccc32)C1. The van der Waals surface area contributed by atoms with Crippen LogP contribution in [0.15, 0.2) is 29.3 Å². The Morgan fingerprint density at radius 3 is 3.08 bits per heavy atom. The first-order valence-electron chi connectivity index (χ1n) is 9.15. The summed E-state index contributed by atoms with van der Waals surface area (Å²) in [6.45, 7) is 8.40. The quantitative estimate of drug-likeness (QED) is 0.658. The maximum absolute atomic E-state index is 6.15. The molecule has 3 unspecified atom stereocenters. The highest BCUT2D eigenvalue weighted by Crippen LogP contribution is 2.31. The fourth-order valence-electron chi connectivity index (χ4n) is 3.69. The zero-order chi connectivity index (χ0) is 16.9. The predicted octanol–water partition coefficient (Wildman–Crippen LogP) is 2.53. The molecule has 2 heterocycles. The van der Waals surface area contributed by atoms with Gasteiger partial charge in [0, 0.05) is 24.6 Å². The molecule has 2 aliphatic heterocycles. The first-order valence-corrected chi connectivity index (χ1v) is 9.15. The first-order chi connectivity index (χ1) is 11.6. The summed E-state index contributed by atoms with van der Waals surface area (Å²) in [5.41, 5.74) is 7.31. The summed E-state index contributed by atoms with van der Waals surface area (Å²) in [6, 6.07) is 8.77. The molecule has 3 N–H and O–H groups in total. The summed E-state index contributed by atoms with van der Waals surface area (Å²) in [4.78, 5) is 7.13. The van der Waals surface area contributed by atoms with Gasteiger partial charge >= 0.3 is 0 Å². The lowest BCUT2D eigenvalue weighted by molar-refractivity contribution is 0.142. The second-order valence-electron chi connectivity index (χ2n) is 7.19. The molecule has 0 radical (unpaired) electrons. The molecule has 5 nitrogen and oxygen atoms in total. The molecule has 0 aromatic heterocycles. The Balaban J connectivity index is 1.55. The zero-order valence-corrected chi connectivity index (χ0v) is 14.9. The molecule has 3 rings (SSSR count). The number of nitrogens with two attached hydrogens (primary N) is 1. The van der Waals surface area contributed by atoms with Crippen LogP contribution in [-0.4, -0.2) is 43.1 Å². The minimum Gasteiger partial charge on any atom is -0.493 e. The summed E-state index contributed by atoms with van der Waals surface area (Å²) in [5, 5.41) is 3.37. The van der Waals surface area contributed by atoms with Crippen molar-refractivity contribution >= 4 is 5.96 Å². The predicted molar refractivity (Wildman–Crippen MR) is 98.4 cm³/mol. The molecule has 0 bridgehead atoms. The lowest BCUT2D eigenvalue weighted by Crippen LogP contribution is -2.43. The van der Waals surface area contributed by atoms with Crippen LogP contribution in [0.3, 0.4) is 0 Å². The number of para-hydroxylation sites is 1. The highest BCUT2D eigenvalue weighted by molar-refractivity contribution is 5.78. The van der Waals surface area contributed by atoms with Crippen molar-refractivity contribution in [1.82, 2.24) is 10.2 Å². The lowest BCUT2D eigenvalue weighted by Gasteiger charge is -2.35. The second kappa shape index (κ2) is 7.88.